The van der Waals surface area contributed by atoms with Gasteiger partial charge in [-0.3, -0.25) is 5.10 Å². The van der Waals surface area contributed by atoms with Crippen molar-refractivity contribution < 1.29 is 14.4 Å². The topological polar surface area (TPSA) is 120 Å². The molecule has 2 aromatic heterocycles. The zero-order valence-corrected chi connectivity index (χ0v) is 14.5. The van der Waals surface area contributed by atoms with Gasteiger partial charge in [0.05, 0.1) is 17.9 Å². The lowest BCUT2D eigenvalue weighted by Crippen LogP contribution is -2.37. The fourth-order valence-corrected chi connectivity index (χ4v) is 2.03. The molecule has 0 bridgehead atoms. The summed E-state index contributed by atoms with van der Waals surface area (Å²) in [4.78, 5) is 17.6. The summed E-state index contributed by atoms with van der Waals surface area (Å²) >= 11 is 0. The van der Waals surface area contributed by atoms with E-state index in [4.69, 9.17) is 9.63 Å². The number of rotatable bonds is 6. The van der Waals surface area contributed by atoms with Gasteiger partial charge in [-0.05, 0) is 6.07 Å². The molecule has 2 rings (SSSR count). The highest BCUT2D eigenvalue weighted by atomic mass is 16.5. The standard InChI is InChI=1S/C15H24N6O3/c1-15(2,3)11-7-10(18-19-11)8-21(4)14(23)16-6-5-12-17-13(9-22)24-20-12/h7,22H,5-6,8-9H2,1-4H3,(H,16,23)(H,18,19). The second-order valence-electron chi connectivity index (χ2n) is 6.63. The van der Waals surface area contributed by atoms with E-state index in [1.54, 1.807) is 11.9 Å². The summed E-state index contributed by atoms with van der Waals surface area (Å²) in [6.45, 7) is 6.79. The maximum atomic E-state index is 12.1. The number of aliphatic hydroxyl groups is 1. The number of aromatic amines is 1. The first-order chi connectivity index (χ1) is 11.3. The molecule has 0 unspecified atom stereocenters. The SMILES string of the molecule is CN(Cc1cc(C(C)(C)C)n[nH]1)C(=O)NCCc1noc(CO)n1. The summed E-state index contributed by atoms with van der Waals surface area (Å²) in [5, 5.41) is 22.6. The summed E-state index contributed by atoms with van der Waals surface area (Å²) in [5.41, 5.74) is 1.81. The van der Waals surface area contributed by atoms with Gasteiger partial charge in [-0.25, -0.2) is 4.79 Å². The maximum Gasteiger partial charge on any atom is 0.317 e. The number of aromatic nitrogens is 4. The van der Waals surface area contributed by atoms with Crippen LogP contribution >= 0.6 is 0 Å². The van der Waals surface area contributed by atoms with E-state index in [-0.39, 0.29) is 23.9 Å². The molecule has 2 amide bonds. The third kappa shape index (κ3) is 4.79. The first-order valence-corrected chi connectivity index (χ1v) is 7.75. The van der Waals surface area contributed by atoms with E-state index >= 15 is 0 Å². The van der Waals surface area contributed by atoms with E-state index in [0.29, 0.717) is 25.3 Å². The van der Waals surface area contributed by atoms with Crippen molar-refractivity contribution in [3.63, 3.8) is 0 Å². The van der Waals surface area contributed by atoms with Crippen LogP contribution in [0.3, 0.4) is 0 Å². The van der Waals surface area contributed by atoms with E-state index in [0.717, 1.165) is 11.4 Å². The predicted octanol–water partition coefficient (Wildman–Crippen LogP) is 0.967. The molecule has 3 N–H and O–H groups in total. The average Bonchev–Trinajstić information content (AvgIpc) is 3.15. The predicted molar refractivity (Wildman–Crippen MR) is 86.1 cm³/mol. The molecule has 0 aliphatic rings. The van der Waals surface area contributed by atoms with Crippen molar-refractivity contribution in [1.29, 1.82) is 0 Å². The van der Waals surface area contributed by atoms with Gasteiger partial charge < -0.3 is 19.8 Å². The fraction of sp³-hybridized carbons (Fsp3) is 0.600. The van der Waals surface area contributed by atoms with Crippen LogP contribution in [0, 0.1) is 0 Å². The van der Waals surface area contributed by atoms with Crippen LogP contribution in [0.25, 0.3) is 0 Å². The number of amides is 2. The number of aliphatic hydroxyl groups excluding tert-OH is 1. The van der Waals surface area contributed by atoms with Crippen LogP contribution in [0.2, 0.25) is 0 Å². The Bertz CT molecular complexity index is 673. The smallest absolute Gasteiger partial charge is 0.317 e. The van der Waals surface area contributed by atoms with Gasteiger partial charge in [0.2, 0.25) is 0 Å². The zero-order chi connectivity index (χ0) is 17.7. The number of carbonyl (C=O) groups excluding carboxylic acids is 1. The summed E-state index contributed by atoms with van der Waals surface area (Å²) in [6.07, 6.45) is 0.432. The zero-order valence-electron chi connectivity index (χ0n) is 14.5. The molecule has 24 heavy (non-hydrogen) atoms. The number of H-pyrrole nitrogens is 1. The third-order valence-electron chi connectivity index (χ3n) is 3.42. The quantitative estimate of drug-likeness (QED) is 0.723. The van der Waals surface area contributed by atoms with Crippen LogP contribution in [0.5, 0.6) is 0 Å². The molecular weight excluding hydrogens is 312 g/mol. The van der Waals surface area contributed by atoms with Crippen molar-refractivity contribution in [2.75, 3.05) is 13.6 Å². The van der Waals surface area contributed by atoms with Gasteiger partial charge in [0.1, 0.15) is 6.61 Å². The number of urea groups is 1. The van der Waals surface area contributed by atoms with Gasteiger partial charge >= 0.3 is 6.03 Å². The summed E-state index contributed by atoms with van der Waals surface area (Å²) in [5.74, 6) is 0.618. The van der Waals surface area contributed by atoms with Crippen LogP contribution in [0.4, 0.5) is 4.79 Å². The highest BCUT2D eigenvalue weighted by molar-refractivity contribution is 5.73. The second-order valence-corrected chi connectivity index (χ2v) is 6.63. The van der Waals surface area contributed by atoms with Crippen molar-refractivity contribution >= 4 is 6.03 Å². The minimum Gasteiger partial charge on any atom is -0.387 e. The monoisotopic (exact) mass is 336 g/mol. The number of hydrogen-bond acceptors (Lipinski definition) is 6. The minimum absolute atomic E-state index is 0.0341. The molecule has 0 fully saturated rings. The molecule has 0 aromatic carbocycles. The Morgan fingerprint density at radius 1 is 1.46 bits per heavy atom. The molecule has 132 valence electrons. The second kappa shape index (κ2) is 7.43. The molecule has 9 nitrogen and oxygen atoms in total. The normalized spacial score (nSPS) is 11.5. The number of carbonyl (C=O) groups is 1. The van der Waals surface area contributed by atoms with Crippen molar-refractivity contribution in [3.05, 3.63) is 29.2 Å². The van der Waals surface area contributed by atoms with Crippen molar-refractivity contribution in [2.45, 2.75) is 45.8 Å². The third-order valence-corrected chi connectivity index (χ3v) is 3.42. The molecule has 9 heteroatoms. The molecule has 2 heterocycles. The Labute approximate surface area is 140 Å². The number of nitrogens with one attached hydrogen (secondary N) is 2. The van der Waals surface area contributed by atoms with Gasteiger partial charge in [0, 0.05) is 25.4 Å². The highest BCUT2D eigenvalue weighted by Gasteiger charge is 2.18. The number of hydrogen-bond donors (Lipinski definition) is 3. The van der Waals surface area contributed by atoms with E-state index < -0.39 is 0 Å². The van der Waals surface area contributed by atoms with Crippen LogP contribution < -0.4 is 5.32 Å². The Hall–Kier alpha value is -2.42. The summed E-state index contributed by atoms with van der Waals surface area (Å²) < 4.78 is 4.78. The van der Waals surface area contributed by atoms with E-state index in [1.165, 1.54) is 0 Å². The lowest BCUT2D eigenvalue weighted by atomic mass is 9.92. The van der Waals surface area contributed by atoms with Crippen LogP contribution in [-0.2, 0) is 25.0 Å². The Balaban J connectivity index is 1.78. The van der Waals surface area contributed by atoms with Gasteiger partial charge in [0.15, 0.2) is 5.82 Å². The van der Waals surface area contributed by atoms with Gasteiger partial charge in [-0.2, -0.15) is 10.1 Å². The molecular formula is C15H24N6O3. The first kappa shape index (κ1) is 17.9. The van der Waals surface area contributed by atoms with Crippen LogP contribution in [-0.4, -0.2) is 50.0 Å². The Morgan fingerprint density at radius 3 is 2.79 bits per heavy atom. The van der Waals surface area contributed by atoms with Gasteiger partial charge in [-0.1, -0.05) is 25.9 Å². The van der Waals surface area contributed by atoms with Crippen LogP contribution in [0.1, 0.15) is 43.9 Å². The summed E-state index contributed by atoms with van der Waals surface area (Å²) in [6, 6.07) is 1.77. The minimum atomic E-state index is -0.289. The lowest BCUT2D eigenvalue weighted by molar-refractivity contribution is 0.206. The lowest BCUT2D eigenvalue weighted by Gasteiger charge is -2.17. The van der Waals surface area contributed by atoms with E-state index in [9.17, 15) is 4.79 Å². The molecule has 0 saturated carbocycles. The molecule has 0 atom stereocenters. The molecule has 0 saturated heterocycles. The van der Waals surface area contributed by atoms with E-state index in [2.05, 4.69) is 46.4 Å². The largest absolute Gasteiger partial charge is 0.387 e. The highest BCUT2D eigenvalue weighted by Crippen LogP contribution is 2.20. The fourth-order valence-electron chi connectivity index (χ4n) is 2.03. The average molecular weight is 336 g/mol. The van der Waals surface area contributed by atoms with Gasteiger partial charge in [-0.15, -0.1) is 0 Å². The van der Waals surface area contributed by atoms with Crippen molar-refractivity contribution in [1.82, 2.24) is 30.6 Å². The molecule has 0 aliphatic carbocycles. The van der Waals surface area contributed by atoms with E-state index in [1.807, 2.05) is 6.07 Å². The first-order valence-electron chi connectivity index (χ1n) is 7.75. The maximum absolute atomic E-state index is 12.1. The summed E-state index contributed by atoms with van der Waals surface area (Å²) in [7, 11) is 1.71. The Morgan fingerprint density at radius 2 is 2.21 bits per heavy atom. The van der Waals surface area contributed by atoms with Crippen LogP contribution in [0.15, 0.2) is 10.6 Å². The van der Waals surface area contributed by atoms with Crippen molar-refractivity contribution in [2.24, 2.45) is 0 Å². The molecule has 0 radical (unpaired) electrons. The Kier molecular flexibility index (Phi) is 5.55. The molecule has 2 aromatic rings. The van der Waals surface area contributed by atoms with Crippen molar-refractivity contribution in [3.8, 4) is 0 Å². The number of nitrogens with zero attached hydrogens (tertiary/aromatic N) is 4. The van der Waals surface area contributed by atoms with Gasteiger partial charge in [0.25, 0.3) is 5.89 Å². The molecule has 0 aliphatic heterocycles. The molecule has 0 spiro atoms.